The molecule has 1 unspecified atom stereocenters. The summed E-state index contributed by atoms with van der Waals surface area (Å²) >= 11 is 0. The number of ether oxygens (including phenoxy) is 1. The van der Waals surface area contributed by atoms with Gasteiger partial charge in [-0.25, -0.2) is 4.39 Å². The van der Waals surface area contributed by atoms with Crippen LogP contribution in [-0.2, 0) is 10.2 Å². The predicted octanol–water partition coefficient (Wildman–Crippen LogP) is 3.12. The molecule has 2 nitrogen and oxygen atoms in total. The van der Waals surface area contributed by atoms with Gasteiger partial charge in [0.25, 0.3) is 0 Å². The Morgan fingerprint density at radius 1 is 1.28 bits per heavy atom. The van der Waals surface area contributed by atoms with Crippen molar-refractivity contribution in [1.82, 2.24) is 5.32 Å². The van der Waals surface area contributed by atoms with E-state index in [0.717, 1.165) is 18.5 Å². The standard InChI is InChI=1S/C15H24FNO/c1-5-10-17-14(11-18-4)15(2,3)12-6-8-13(16)9-7-12/h6-9,14,17H,5,10-11H2,1-4H3. The molecule has 0 saturated carbocycles. The van der Waals surface area contributed by atoms with Gasteiger partial charge in [-0.3, -0.25) is 0 Å². The van der Waals surface area contributed by atoms with Crippen LogP contribution in [-0.4, -0.2) is 26.3 Å². The van der Waals surface area contributed by atoms with Crippen LogP contribution in [0.15, 0.2) is 24.3 Å². The summed E-state index contributed by atoms with van der Waals surface area (Å²) in [6.07, 6.45) is 1.08. The second-order valence-corrected chi connectivity index (χ2v) is 5.19. The molecular weight excluding hydrogens is 229 g/mol. The average molecular weight is 253 g/mol. The lowest BCUT2D eigenvalue weighted by molar-refractivity contribution is 0.135. The smallest absolute Gasteiger partial charge is 0.123 e. The summed E-state index contributed by atoms with van der Waals surface area (Å²) < 4.78 is 18.3. The third-order valence-corrected chi connectivity index (χ3v) is 3.43. The number of hydrogen-bond acceptors (Lipinski definition) is 2. The Hall–Kier alpha value is -0.930. The highest BCUT2D eigenvalue weighted by molar-refractivity contribution is 5.26. The van der Waals surface area contributed by atoms with E-state index in [1.54, 1.807) is 7.11 Å². The number of hydrogen-bond donors (Lipinski definition) is 1. The number of halogens is 1. The van der Waals surface area contributed by atoms with E-state index in [-0.39, 0.29) is 17.3 Å². The Bertz CT molecular complexity index is 348. The van der Waals surface area contributed by atoms with E-state index < -0.39 is 0 Å². The summed E-state index contributed by atoms with van der Waals surface area (Å²) in [6.45, 7) is 8.06. The van der Waals surface area contributed by atoms with Gasteiger partial charge in [0.15, 0.2) is 0 Å². The zero-order valence-electron chi connectivity index (χ0n) is 11.8. The van der Waals surface area contributed by atoms with Crippen LogP contribution in [0, 0.1) is 5.82 Å². The van der Waals surface area contributed by atoms with E-state index in [0.29, 0.717) is 6.61 Å². The van der Waals surface area contributed by atoms with Gasteiger partial charge in [-0.1, -0.05) is 32.9 Å². The number of nitrogens with one attached hydrogen (secondary N) is 1. The molecule has 0 aliphatic rings. The molecule has 0 saturated heterocycles. The molecule has 0 heterocycles. The van der Waals surface area contributed by atoms with E-state index in [4.69, 9.17) is 4.74 Å². The summed E-state index contributed by atoms with van der Waals surface area (Å²) in [5, 5.41) is 3.50. The molecule has 0 amide bonds. The van der Waals surface area contributed by atoms with Gasteiger partial charge in [-0.15, -0.1) is 0 Å². The quantitative estimate of drug-likeness (QED) is 0.806. The van der Waals surface area contributed by atoms with Crippen LogP contribution in [0.1, 0.15) is 32.8 Å². The summed E-state index contributed by atoms with van der Waals surface area (Å²) in [6, 6.07) is 6.95. The molecule has 0 aromatic heterocycles. The van der Waals surface area contributed by atoms with Gasteiger partial charge in [0.05, 0.1) is 6.61 Å². The topological polar surface area (TPSA) is 21.3 Å². The Morgan fingerprint density at radius 2 is 1.89 bits per heavy atom. The number of benzene rings is 1. The van der Waals surface area contributed by atoms with Crippen molar-refractivity contribution in [2.45, 2.75) is 38.6 Å². The van der Waals surface area contributed by atoms with E-state index in [9.17, 15) is 4.39 Å². The van der Waals surface area contributed by atoms with Gasteiger partial charge in [-0.2, -0.15) is 0 Å². The molecule has 0 radical (unpaired) electrons. The molecule has 0 fully saturated rings. The maximum atomic E-state index is 13.0. The van der Waals surface area contributed by atoms with Gasteiger partial charge >= 0.3 is 0 Å². The van der Waals surface area contributed by atoms with Crippen LogP contribution in [0.3, 0.4) is 0 Å². The fourth-order valence-corrected chi connectivity index (χ4v) is 2.09. The number of rotatable bonds is 7. The van der Waals surface area contributed by atoms with Crippen LogP contribution in [0.4, 0.5) is 4.39 Å². The normalized spacial score (nSPS) is 13.6. The van der Waals surface area contributed by atoms with Gasteiger partial charge < -0.3 is 10.1 Å². The molecule has 1 N–H and O–H groups in total. The Balaban J connectivity index is 2.88. The maximum Gasteiger partial charge on any atom is 0.123 e. The largest absolute Gasteiger partial charge is 0.383 e. The Labute approximate surface area is 110 Å². The van der Waals surface area contributed by atoms with Crippen molar-refractivity contribution in [3.8, 4) is 0 Å². The SMILES string of the molecule is CCCNC(COC)C(C)(C)c1ccc(F)cc1. The molecule has 1 rings (SSSR count). The molecule has 3 heteroatoms. The highest BCUT2D eigenvalue weighted by atomic mass is 19.1. The number of methoxy groups -OCH3 is 1. The minimum Gasteiger partial charge on any atom is -0.383 e. The molecule has 1 aromatic carbocycles. The van der Waals surface area contributed by atoms with Crippen molar-refractivity contribution in [2.24, 2.45) is 0 Å². The zero-order chi connectivity index (χ0) is 13.6. The van der Waals surface area contributed by atoms with Gasteiger partial charge in [0.1, 0.15) is 5.82 Å². The lowest BCUT2D eigenvalue weighted by atomic mass is 9.78. The molecule has 0 spiro atoms. The average Bonchev–Trinajstić information content (AvgIpc) is 2.35. The molecule has 102 valence electrons. The van der Waals surface area contributed by atoms with Gasteiger partial charge in [-0.05, 0) is 30.7 Å². The fourth-order valence-electron chi connectivity index (χ4n) is 2.09. The van der Waals surface area contributed by atoms with Gasteiger partial charge in [0.2, 0.25) is 0 Å². The highest BCUT2D eigenvalue weighted by Crippen LogP contribution is 2.27. The third kappa shape index (κ3) is 3.79. The first kappa shape index (κ1) is 15.1. The summed E-state index contributed by atoms with van der Waals surface area (Å²) in [7, 11) is 1.71. The first-order chi connectivity index (χ1) is 8.52. The summed E-state index contributed by atoms with van der Waals surface area (Å²) in [4.78, 5) is 0. The zero-order valence-corrected chi connectivity index (χ0v) is 11.8. The van der Waals surface area contributed by atoms with Crippen molar-refractivity contribution in [2.75, 3.05) is 20.3 Å². The van der Waals surface area contributed by atoms with Crippen molar-refractivity contribution in [1.29, 1.82) is 0 Å². The Kier molecular flexibility index (Phi) is 5.76. The van der Waals surface area contributed by atoms with Crippen molar-refractivity contribution < 1.29 is 9.13 Å². The van der Waals surface area contributed by atoms with Crippen LogP contribution in [0.25, 0.3) is 0 Å². The monoisotopic (exact) mass is 253 g/mol. The summed E-state index contributed by atoms with van der Waals surface area (Å²) in [5.74, 6) is -0.195. The fraction of sp³-hybridized carbons (Fsp3) is 0.600. The predicted molar refractivity (Wildman–Crippen MR) is 73.4 cm³/mol. The minimum absolute atomic E-state index is 0.0983. The van der Waals surface area contributed by atoms with E-state index in [1.807, 2.05) is 12.1 Å². The maximum absolute atomic E-state index is 13.0. The molecule has 1 aromatic rings. The highest BCUT2D eigenvalue weighted by Gasteiger charge is 2.30. The van der Waals surface area contributed by atoms with Crippen LogP contribution in [0.5, 0.6) is 0 Å². The van der Waals surface area contributed by atoms with Crippen molar-refractivity contribution in [3.63, 3.8) is 0 Å². The molecule has 0 bridgehead atoms. The Morgan fingerprint density at radius 3 is 2.39 bits per heavy atom. The van der Waals surface area contributed by atoms with Crippen molar-refractivity contribution in [3.05, 3.63) is 35.6 Å². The molecule has 1 atom stereocenters. The van der Waals surface area contributed by atoms with E-state index in [1.165, 1.54) is 12.1 Å². The summed E-state index contributed by atoms with van der Waals surface area (Å²) in [5.41, 5.74) is 1.02. The van der Waals surface area contributed by atoms with E-state index >= 15 is 0 Å². The molecule has 18 heavy (non-hydrogen) atoms. The molecule has 0 aliphatic heterocycles. The lowest BCUT2D eigenvalue weighted by Crippen LogP contribution is -2.48. The van der Waals surface area contributed by atoms with Crippen LogP contribution >= 0.6 is 0 Å². The van der Waals surface area contributed by atoms with Crippen LogP contribution in [0.2, 0.25) is 0 Å². The lowest BCUT2D eigenvalue weighted by Gasteiger charge is -2.35. The first-order valence-corrected chi connectivity index (χ1v) is 6.50. The molecule has 0 aliphatic carbocycles. The van der Waals surface area contributed by atoms with Gasteiger partial charge in [0, 0.05) is 18.6 Å². The second-order valence-electron chi connectivity index (χ2n) is 5.19. The van der Waals surface area contributed by atoms with Crippen molar-refractivity contribution >= 4 is 0 Å². The molecular formula is C15H24FNO. The third-order valence-electron chi connectivity index (χ3n) is 3.43. The van der Waals surface area contributed by atoms with E-state index in [2.05, 4.69) is 26.1 Å². The first-order valence-electron chi connectivity index (χ1n) is 6.50. The van der Waals surface area contributed by atoms with Crippen LogP contribution < -0.4 is 5.32 Å². The second kappa shape index (κ2) is 6.86. The minimum atomic E-state index is -0.195.